The molecule has 0 bridgehead atoms. The predicted octanol–water partition coefficient (Wildman–Crippen LogP) is 3.99. The van der Waals surface area contributed by atoms with Crippen LogP contribution in [0.2, 0.25) is 0 Å². The van der Waals surface area contributed by atoms with Crippen LogP contribution in [0.4, 0.5) is 0 Å². The number of carbonyl (C=O) groups is 1. The molecule has 8 nitrogen and oxygen atoms in total. The van der Waals surface area contributed by atoms with Crippen LogP contribution in [-0.4, -0.2) is 49.6 Å². The number of fused-ring (bicyclic) bond motifs is 1. The Balaban J connectivity index is 1.91. The number of nitrogens with one attached hydrogen (secondary N) is 2. The monoisotopic (exact) mass is 445 g/mol. The first-order valence-corrected chi connectivity index (χ1v) is 11.6. The Hall–Kier alpha value is -2.80. The summed E-state index contributed by atoms with van der Waals surface area (Å²) >= 11 is 0. The zero-order valence-electron chi connectivity index (χ0n) is 18.0. The molecule has 0 radical (unpaired) electrons. The molecule has 3 aromatic rings. The first-order chi connectivity index (χ1) is 14.9. The predicted molar refractivity (Wildman–Crippen MR) is 120 cm³/mol. The van der Waals surface area contributed by atoms with Crippen LogP contribution in [0.15, 0.2) is 54.7 Å². The molecule has 1 heterocycles. The number of nitrogens with zero attached hydrogens (tertiary/aromatic N) is 1. The van der Waals surface area contributed by atoms with E-state index in [9.17, 15) is 9.36 Å². The van der Waals surface area contributed by atoms with Crippen LogP contribution in [0.25, 0.3) is 10.9 Å². The molecule has 31 heavy (non-hydrogen) atoms. The van der Waals surface area contributed by atoms with E-state index in [-0.39, 0.29) is 13.2 Å². The standard InChI is InChI=1S/C22H28N3O5P/c1-4-28-21(26)16-24-31(27,29-18-9-6-5-7-10-18)30-20-12-8-11-19-22(20)17(15-23-19)13-14-25(2)3/h5-12,15,23H,4,13-14,16H2,1-3H3,(H,24,27). The molecule has 0 aliphatic heterocycles. The van der Waals surface area contributed by atoms with Gasteiger partial charge in [0.15, 0.2) is 0 Å². The molecule has 2 N–H and O–H groups in total. The lowest BCUT2D eigenvalue weighted by molar-refractivity contribution is -0.141. The van der Waals surface area contributed by atoms with E-state index in [4.69, 9.17) is 13.8 Å². The minimum Gasteiger partial charge on any atom is -0.465 e. The molecule has 0 amide bonds. The highest BCUT2D eigenvalue weighted by atomic mass is 31.2. The molecule has 0 saturated heterocycles. The minimum absolute atomic E-state index is 0.225. The van der Waals surface area contributed by atoms with Crippen molar-refractivity contribution < 1.29 is 23.1 Å². The maximum Gasteiger partial charge on any atom is 0.513 e. The van der Waals surface area contributed by atoms with Crippen molar-refractivity contribution in [1.29, 1.82) is 0 Å². The third-order valence-electron chi connectivity index (χ3n) is 4.49. The lowest BCUT2D eigenvalue weighted by Gasteiger charge is -2.21. The number of hydrogen-bond acceptors (Lipinski definition) is 6. The smallest absolute Gasteiger partial charge is 0.465 e. The molecule has 1 unspecified atom stereocenters. The van der Waals surface area contributed by atoms with Crippen molar-refractivity contribution >= 4 is 24.6 Å². The summed E-state index contributed by atoms with van der Waals surface area (Å²) in [6, 6.07) is 14.2. The largest absolute Gasteiger partial charge is 0.513 e. The summed E-state index contributed by atoms with van der Waals surface area (Å²) in [5.74, 6) is 0.217. The summed E-state index contributed by atoms with van der Waals surface area (Å²) in [4.78, 5) is 17.2. The summed E-state index contributed by atoms with van der Waals surface area (Å²) in [5, 5.41) is 3.45. The fourth-order valence-corrected chi connectivity index (χ4v) is 4.34. The lowest BCUT2D eigenvalue weighted by atomic mass is 10.1. The maximum absolute atomic E-state index is 13.6. The van der Waals surface area contributed by atoms with E-state index in [2.05, 4.69) is 15.0 Å². The Labute approximate surface area is 182 Å². The zero-order valence-corrected chi connectivity index (χ0v) is 18.9. The van der Waals surface area contributed by atoms with Gasteiger partial charge in [0, 0.05) is 23.6 Å². The van der Waals surface area contributed by atoms with Gasteiger partial charge in [0.25, 0.3) is 0 Å². The van der Waals surface area contributed by atoms with Gasteiger partial charge in [0.1, 0.15) is 18.0 Å². The molecular weight excluding hydrogens is 417 g/mol. The van der Waals surface area contributed by atoms with Gasteiger partial charge in [-0.3, -0.25) is 4.79 Å². The highest BCUT2D eigenvalue weighted by Gasteiger charge is 2.30. The number of ether oxygens (including phenoxy) is 1. The molecule has 0 saturated carbocycles. The number of likely N-dealkylation sites (N-methyl/N-ethyl adjacent to an activating group) is 1. The van der Waals surface area contributed by atoms with Crippen molar-refractivity contribution in [3.63, 3.8) is 0 Å². The second kappa shape index (κ2) is 10.5. The summed E-state index contributed by atoms with van der Waals surface area (Å²) in [7, 11) is 0.0611. The molecule has 1 aromatic heterocycles. The summed E-state index contributed by atoms with van der Waals surface area (Å²) in [5.41, 5.74) is 1.90. The molecule has 0 aliphatic carbocycles. The number of rotatable bonds is 11. The van der Waals surface area contributed by atoms with Crippen molar-refractivity contribution in [2.24, 2.45) is 0 Å². The van der Waals surface area contributed by atoms with E-state index in [1.165, 1.54) is 0 Å². The minimum atomic E-state index is -3.95. The Morgan fingerprint density at radius 1 is 1.10 bits per heavy atom. The van der Waals surface area contributed by atoms with Gasteiger partial charge in [-0.25, -0.2) is 4.57 Å². The van der Waals surface area contributed by atoms with Crippen LogP contribution in [0.3, 0.4) is 0 Å². The van der Waals surface area contributed by atoms with E-state index in [0.29, 0.717) is 11.5 Å². The lowest BCUT2D eigenvalue weighted by Crippen LogP contribution is -2.26. The van der Waals surface area contributed by atoms with Gasteiger partial charge in [-0.1, -0.05) is 24.3 Å². The fraction of sp³-hybridized carbons (Fsp3) is 0.318. The number of carbonyl (C=O) groups excluding carboxylic acids is 1. The average molecular weight is 445 g/mol. The van der Waals surface area contributed by atoms with Gasteiger partial charge in [-0.2, -0.15) is 5.09 Å². The average Bonchev–Trinajstić information content (AvgIpc) is 3.16. The van der Waals surface area contributed by atoms with Gasteiger partial charge in [-0.05, 0) is 57.3 Å². The second-order valence-electron chi connectivity index (χ2n) is 7.18. The summed E-state index contributed by atoms with van der Waals surface area (Å²) in [6.07, 6.45) is 2.71. The van der Waals surface area contributed by atoms with E-state index < -0.39 is 13.7 Å². The molecule has 3 rings (SSSR count). The van der Waals surface area contributed by atoms with Crippen molar-refractivity contribution in [2.75, 3.05) is 33.8 Å². The van der Waals surface area contributed by atoms with Gasteiger partial charge < -0.3 is 23.7 Å². The topological polar surface area (TPSA) is 92.9 Å². The number of aromatic amines is 1. The highest BCUT2D eigenvalue weighted by molar-refractivity contribution is 7.52. The molecule has 0 spiro atoms. The number of aromatic nitrogens is 1. The maximum atomic E-state index is 13.6. The first kappa shape index (κ1) is 22.9. The van der Waals surface area contributed by atoms with Crippen LogP contribution in [0, 0.1) is 0 Å². The number of benzene rings is 2. The Bertz CT molecular complexity index is 1050. The summed E-state index contributed by atoms with van der Waals surface area (Å²) < 4.78 is 30.2. The van der Waals surface area contributed by atoms with E-state index in [0.717, 1.165) is 29.4 Å². The zero-order chi connectivity index (χ0) is 22.3. The second-order valence-corrected chi connectivity index (χ2v) is 8.86. The van der Waals surface area contributed by atoms with Gasteiger partial charge in [0.05, 0.1) is 6.61 Å². The van der Waals surface area contributed by atoms with E-state index in [1.54, 1.807) is 37.3 Å². The Morgan fingerprint density at radius 2 is 1.87 bits per heavy atom. The molecular formula is C22H28N3O5P. The molecule has 1 atom stereocenters. The molecule has 9 heteroatoms. The molecule has 0 aliphatic rings. The Kier molecular flexibility index (Phi) is 7.74. The molecule has 0 fully saturated rings. The fourth-order valence-electron chi connectivity index (χ4n) is 3.04. The third-order valence-corrected chi connectivity index (χ3v) is 5.92. The SMILES string of the molecule is CCOC(=O)CNP(=O)(Oc1ccccc1)Oc1cccc2[nH]cc(CCN(C)C)c12. The van der Waals surface area contributed by atoms with Crippen molar-refractivity contribution in [2.45, 2.75) is 13.3 Å². The number of para-hydroxylation sites is 1. The van der Waals surface area contributed by atoms with Gasteiger partial charge in [0.2, 0.25) is 0 Å². The first-order valence-electron chi connectivity index (χ1n) is 10.1. The van der Waals surface area contributed by atoms with Crippen LogP contribution in [0.1, 0.15) is 12.5 Å². The number of hydrogen-bond donors (Lipinski definition) is 2. The van der Waals surface area contributed by atoms with Crippen LogP contribution >= 0.6 is 7.75 Å². The van der Waals surface area contributed by atoms with Crippen molar-refractivity contribution in [1.82, 2.24) is 15.0 Å². The van der Waals surface area contributed by atoms with Crippen molar-refractivity contribution in [3.05, 3.63) is 60.3 Å². The molecule has 2 aromatic carbocycles. The highest BCUT2D eigenvalue weighted by Crippen LogP contribution is 2.46. The van der Waals surface area contributed by atoms with Gasteiger partial charge in [-0.15, -0.1) is 0 Å². The number of esters is 1. The normalized spacial score (nSPS) is 13.2. The number of H-pyrrole nitrogens is 1. The van der Waals surface area contributed by atoms with Crippen LogP contribution in [-0.2, 0) is 20.5 Å². The quantitative estimate of drug-likeness (QED) is 0.341. The van der Waals surface area contributed by atoms with Crippen LogP contribution in [0.5, 0.6) is 11.5 Å². The van der Waals surface area contributed by atoms with Crippen LogP contribution < -0.4 is 14.1 Å². The van der Waals surface area contributed by atoms with Crippen molar-refractivity contribution in [3.8, 4) is 11.5 Å². The Morgan fingerprint density at radius 3 is 2.58 bits per heavy atom. The summed E-state index contributed by atoms with van der Waals surface area (Å²) in [6.45, 7) is 2.47. The third kappa shape index (κ3) is 6.34. The molecule has 166 valence electrons. The van der Waals surface area contributed by atoms with E-state index in [1.807, 2.05) is 38.5 Å². The van der Waals surface area contributed by atoms with E-state index >= 15 is 0 Å². The van der Waals surface area contributed by atoms with Gasteiger partial charge >= 0.3 is 13.7 Å².